The Morgan fingerprint density at radius 3 is 2.42 bits per heavy atom. The normalized spacial score (nSPS) is 10.1. The Morgan fingerprint density at radius 1 is 1.19 bits per heavy atom. The first-order valence-electron chi connectivity index (χ1n) is 7.35. The number of carbonyl (C=O) groups excluding carboxylic acids is 2. The summed E-state index contributed by atoms with van der Waals surface area (Å²) in [5.74, 6) is -0.325. The van der Waals surface area contributed by atoms with Gasteiger partial charge < -0.3 is 15.8 Å². The molecule has 26 heavy (non-hydrogen) atoms. The summed E-state index contributed by atoms with van der Waals surface area (Å²) in [6.07, 6.45) is 0. The molecule has 136 valence electrons. The molecular formula is C17H15Br2N3O3S. The van der Waals surface area contributed by atoms with E-state index in [2.05, 4.69) is 42.5 Å². The third kappa shape index (κ3) is 5.79. The number of benzene rings is 2. The van der Waals surface area contributed by atoms with E-state index in [4.69, 9.17) is 22.7 Å². The first kappa shape index (κ1) is 20.3. The molecular weight excluding hydrogens is 486 g/mol. The number of carbonyl (C=O) groups is 2. The largest absolute Gasteiger partial charge is 0.482 e. The Hall–Kier alpha value is -1.97. The van der Waals surface area contributed by atoms with Crippen LogP contribution in [0, 0.1) is 6.92 Å². The van der Waals surface area contributed by atoms with Crippen LogP contribution in [0.1, 0.15) is 15.9 Å². The smallest absolute Gasteiger partial charge is 0.264 e. The minimum Gasteiger partial charge on any atom is -0.482 e. The Bertz CT molecular complexity index is 834. The number of anilines is 1. The van der Waals surface area contributed by atoms with Gasteiger partial charge in [-0.05, 0) is 77.0 Å². The van der Waals surface area contributed by atoms with Crippen molar-refractivity contribution in [1.29, 1.82) is 0 Å². The highest BCUT2D eigenvalue weighted by Gasteiger charge is 2.11. The van der Waals surface area contributed by atoms with Crippen LogP contribution < -0.4 is 21.1 Å². The lowest BCUT2D eigenvalue weighted by Crippen LogP contribution is -2.37. The van der Waals surface area contributed by atoms with Crippen LogP contribution in [-0.2, 0) is 4.79 Å². The Kier molecular flexibility index (Phi) is 7.13. The van der Waals surface area contributed by atoms with Gasteiger partial charge in [0.05, 0.1) is 4.47 Å². The number of thiocarbonyl (C=S) groups is 1. The summed E-state index contributed by atoms with van der Waals surface area (Å²) in [4.78, 5) is 23.0. The number of halogens is 2. The molecule has 0 aliphatic rings. The number of ether oxygens (including phenoxy) is 1. The van der Waals surface area contributed by atoms with E-state index in [9.17, 15) is 9.59 Å². The third-order valence-corrected chi connectivity index (χ3v) is 4.47. The SMILES string of the molecule is Cc1cc(Br)cc(Br)c1OCC(=O)NC(=S)Nc1ccc(C(N)=O)cc1. The molecule has 2 aromatic carbocycles. The fourth-order valence-electron chi connectivity index (χ4n) is 2.05. The van der Waals surface area contributed by atoms with Crippen LogP contribution >= 0.6 is 44.1 Å². The maximum atomic E-state index is 12.0. The van der Waals surface area contributed by atoms with Crippen molar-refractivity contribution in [3.8, 4) is 5.75 Å². The molecule has 0 saturated carbocycles. The van der Waals surface area contributed by atoms with Crippen LogP contribution in [-0.4, -0.2) is 23.5 Å². The van der Waals surface area contributed by atoms with Crippen molar-refractivity contribution in [2.45, 2.75) is 6.92 Å². The Labute approximate surface area is 172 Å². The van der Waals surface area contributed by atoms with Gasteiger partial charge in [0, 0.05) is 15.7 Å². The predicted octanol–water partition coefficient (Wildman–Crippen LogP) is 3.51. The highest BCUT2D eigenvalue weighted by Crippen LogP contribution is 2.32. The zero-order valence-corrected chi connectivity index (χ0v) is 17.6. The van der Waals surface area contributed by atoms with Crippen LogP contribution in [0.5, 0.6) is 5.75 Å². The van der Waals surface area contributed by atoms with Crippen LogP contribution in [0.15, 0.2) is 45.3 Å². The van der Waals surface area contributed by atoms with Gasteiger partial charge in [-0.1, -0.05) is 15.9 Å². The molecule has 0 bridgehead atoms. The Balaban J connectivity index is 1.87. The second-order valence-electron chi connectivity index (χ2n) is 5.27. The number of nitrogens with one attached hydrogen (secondary N) is 2. The summed E-state index contributed by atoms with van der Waals surface area (Å²) >= 11 is 11.9. The van der Waals surface area contributed by atoms with Gasteiger partial charge in [0.25, 0.3) is 5.91 Å². The lowest BCUT2D eigenvalue weighted by Gasteiger charge is -2.13. The van der Waals surface area contributed by atoms with Crippen molar-refractivity contribution >= 4 is 66.7 Å². The van der Waals surface area contributed by atoms with Crippen molar-refractivity contribution in [2.75, 3.05) is 11.9 Å². The second kappa shape index (κ2) is 9.11. The lowest BCUT2D eigenvalue weighted by molar-refractivity contribution is -0.121. The van der Waals surface area contributed by atoms with Gasteiger partial charge in [-0.25, -0.2) is 0 Å². The summed E-state index contributed by atoms with van der Waals surface area (Å²) in [6.45, 7) is 1.69. The first-order chi connectivity index (χ1) is 12.3. The molecule has 0 heterocycles. The van der Waals surface area contributed by atoms with Crippen LogP contribution in [0.3, 0.4) is 0 Å². The maximum absolute atomic E-state index is 12.0. The number of aryl methyl sites for hydroxylation is 1. The second-order valence-corrected chi connectivity index (χ2v) is 7.44. The minimum absolute atomic E-state index is 0.122. The highest BCUT2D eigenvalue weighted by atomic mass is 79.9. The van der Waals surface area contributed by atoms with Crippen LogP contribution in [0.4, 0.5) is 5.69 Å². The fraction of sp³-hybridized carbons (Fsp3) is 0.118. The van der Waals surface area contributed by atoms with Gasteiger partial charge in [0.2, 0.25) is 5.91 Å². The molecule has 0 fully saturated rings. The minimum atomic E-state index is -0.515. The number of hydrogen-bond acceptors (Lipinski definition) is 4. The molecule has 4 N–H and O–H groups in total. The van der Waals surface area contributed by atoms with E-state index in [0.717, 1.165) is 14.5 Å². The molecule has 0 radical (unpaired) electrons. The monoisotopic (exact) mass is 499 g/mol. The number of primary amides is 1. The van der Waals surface area contributed by atoms with E-state index in [1.54, 1.807) is 24.3 Å². The molecule has 0 aliphatic carbocycles. The number of hydrogen-bond donors (Lipinski definition) is 3. The molecule has 9 heteroatoms. The van der Waals surface area contributed by atoms with Gasteiger partial charge in [-0.15, -0.1) is 0 Å². The number of amides is 2. The molecule has 0 aromatic heterocycles. The van der Waals surface area contributed by atoms with Gasteiger partial charge >= 0.3 is 0 Å². The standard InChI is InChI=1S/C17H15Br2N3O3S/c1-9-6-11(18)7-13(19)15(9)25-8-14(23)22-17(26)21-12-4-2-10(3-5-12)16(20)24/h2-7H,8H2,1H3,(H2,20,24)(H2,21,22,23,26). The average Bonchev–Trinajstić information content (AvgIpc) is 2.54. The van der Waals surface area contributed by atoms with Crippen molar-refractivity contribution in [3.63, 3.8) is 0 Å². The summed E-state index contributed by atoms with van der Waals surface area (Å²) in [5, 5.41) is 5.49. The van der Waals surface area contributed by atoms with E-state index in [1.165, 1.54) is 0 Å². The van der Waals surface area contributed by atoms with Crippen molar-refractivity contribution < 1.29 is 14.3 Å². The van der Waals surface area contributed by atoms with E-state index >= 15 is 0 Å². The molecule has 2 aromatic rings. The summed E-state index contributed by atoms with van der Waals surface area (Å²) in [5.41, 5.74) is 7.07. The molecule has 0 spiro atoms. The van der Waals surface area contributed by atoms with Crippen molar-refractivity contribution in [3.05, 3.63) is 56.5 Å². The number of rotatable bonds is 5. The van der Waals surface area contributed by atoms with E-state index in [-0.39, 0.29) is 11.7 Å². The summed E-state index contributed by atoms with van der Waals surface area (Å²) in [7, 11) is 0. The molecule has 0 saturated heterocycles. The molecule has 0 aliphatic heterocycles. The van der Waals surface area contributed by atoms with Crippen LogP contribution in [0.2, 0.25) is 0 Å². The average molecular weight is 501 g/mol. The van der Waals surface area contributed by atoms with E-state index < -0.39 is 11.8 Å². The zero-order valence-electron chi connectivity index (χ0n) is 13.6. The van der Waals surface area contributed by atoms with E-state index in [1.807, 2.05) is 19.1 Å². The predicted molar refractivity (Wildman–Crippen MR) is 111 cm³/mol. The molecule has 6 nitrogen and oxygen atoms in total. The number of nitrogens with two attached hydrogens (primary N) is 1. The van der Waals surface area contributed by atoms with Gasteiger partial charge in [-0.3, -0.25) is 14.9 Å². The maximum Gasteiger partial charge on any atom is 0.264 e. The highest BCUT2D eigenvalue weighted by molar-refractivity contribution is 9.11. The van der Waals surface area contributed by atoms with Crippen molar-refractivity contribution in [1.82, 2.24) is 5.32 Å². The van der Waals surface area contributed by atoms with Gasteiger partial charge in [0.1, 0.15) is 5.75 Å². The Morgan fingerprint density at radius 2 is 1.85 bits per heavy atom. The lowest BCUT2D eigenvalue weighted by atomic mass is 10.2. The molecule has 2 rings (SSSR count). The zero-order chi connectivity index (χ0) is 19.3. The first-order valence-corrected chi connectivity index (χ1v) is 9.35. The van der Waals surface area contributed by atoms with E-state index in [0.29, 0.717) is 17.0 Å². The molecule has 0 atom stereocenters. The molecule has 0 unspecified atom stereocenters. The summed E-state index contributed by atoms with van der Waals surface area (Å²) < 4.78 is 7.21. The van der Waals surface area contributed by atoms with Gasteiger partial charge in [-0.2, -0.15) is 0 Å². The molecule has 2 amide bonds. The van der Waals surface area contributed by atoms with Crippen molar-refractivity contribution in [2.24, 2.45) is 5.73 Å². The quantitative estimate of drug-likeness (QED) is 0.546. The fourth-order valence-corrected chi connectivity index (χ4v) is 3.84. The van der Waals surface area contributed by atoms with Gasteiger partial charge in [0.15, 0.2) is 11.7 Å². The summed E-state index contributed by atoms with van der Waals surface area (Å²) in [6, 6.07) is 10.1. The third-order valence-electron chi connectivity index (χ3n) is 3.22. The topological polar surface area (TPSA) is 93.4 Å². The van der Waals surface area contributed by atoms with Crippen LogP contribution in [0.25, 0.3) is 0 Å².